The van der Waals surface area contributed by atoms with Gasteiger partial charge in [0.2, 0.25) is 0 Å². The van der Waals surface area contributed by atoms with Crippen molar-refractivity contribution < 1.29 is 4.79 Å². The minimum Gasteiger partial charge on any atom is -0.365 e. The summed E-state index contributed by atoms with van der Waals surface area (Å²) < 4.78 is 1.67. The van der Waals surface area contributed by atoms with Crippen LogP contribution < -0.4 is 11.2 Å². The quantitative estimate of drug-likeness (QED) is 0.507. The van der Waals surface area contributed by atoms with Gasteiger partial charge in [0.25, 0.3) is 11.9 Å². The second-order valence-corrected chi connectivity index (χ2v) is 3.81. The highest BCUT2D eigenvalue weighted by Crippen LogP contribution is 2.00. The number of aryl methyl sites for hydroxylation is 2. The second-order valence-electron chi connectivity index (χ2n) is 3.81. The lowest BCUT2D eigenvalue weighted by atomic mass is 10.3. The first-order valence-corrected chi connectivity index (χ1v) is 5.40. The van der Waals surface area contributed by atoms with Crippen LogP contribution in [0.4, 0.5) is 5.95 Å². The molecule has 0 saturated carbocycles. The highest BCUT2D eigenvalue weighted by molar-refractivity contribution is 5.82. The third-order valence-corrected chi connectivity index (χ3v) is 2.20. The molecule has 0 aliphatic rings. The number of carbonyl (C=O) groups excluding carboxylic acids is 1. The van der Waals surface area contributed by atoms with Gasteiger partial charge < -0.3 is 5.73 Å². The summed E-state index contributed by atoms with van der Waals surface area (Å²) >= 11 is 0. The zero-order valence-corrected chi connectivity index (χ0v) is 10.5. The van der Waals surface area contributed by atoms with E-state index in [0.29, 0.717) is 0 Å². The summed E-state index contributed by atoms with van der Waals surface area (Å²) in [6.07, 6.45) is 3.31. The van der Waals surface area contributed by atoms with Crippen LogP contribution in [0, 0.1) is 6.92 Å². The average molecular weight is 263 g/mol. The van der Waals surface area contributed by atoms with Crippen LogP contribution in [0.3, 0.4) is 0 Å². The second kappa shape index (κ2) is 5.25. The third-order valence-electron chi connectivity index (χ3n) is 2.20. The highest BCUT2D eigenvalue weighted by atomic mass is 16.2. The Kier molecular flexibility index (Phi) is 3.50. The number of nitrogen functional groups attached to an aromatic ring is 1. The van der Waals surface area contributed by atoms with E-state index in [0.717, 1.165) is 16.1 Å². The zero-order valence-electron chi connectivity index (χ0n) is 10.5. The molecule has 0 spiro atoms. The van der Waals surface area contributed by atoms with Crippen molar-refractivity contribution in [3.63, 3.8) is 0 Å². The molecule has 2 rings (SSSR count). The molecule has 10 nitrogen and oxygen atoms in total. The summed E-state index contributed by atoms with van der Waals surface area (Å²) in [4.78, 5) is 12.6. The first-order valence-electron chi connectivity index (χ1n) is 5.40. The zero-order chi connectivity index (χ0) is 13.8. The predicted octanol–water partition coefficient (Wildman–Crippen LogP) is -1.55. The van der Waals surface area contributed by atoms with E-state index in [-0.39, 0.29) is 18.4 Å². The fourth-order valence-corrected chi connectivity index (χ4v) is 1.40. The van der Waals surface area contributed by atoms with Gasteiger partial charge in [0.05, 0.1) is 11.9 Å². The van der Waals surface area contributed by atoms with E-state index in [1.807, 2.05) is 14.0 Å². The van der Waals surface area contributed by atoms with E-state index in [9.17, 15) is 4.79 Å². The molecule has 0 aromatic carbocycles. The van der Waals surface area contributed by atoms with E-state index in [4.69, 9.17) is 5.73 Å². The van der Waals surface area contributed by atoms with Crippen molar-refractivity contribution in [2.24, 2.45) is 12.1 Å². The number of nitrogens with two attached hydrogens (primary N) is 1. The largest absolute Gasteiger partial charge is 0.365 e. The minimum atomic E-state index is -0.379. The van der Waals surface area contributed by atoms with E-state index < -0.39 is 0 Å². The number of hydrogen-bond donors (Lipinski definition) is 2. The Morgan fingerprint density at radius 3 is 2.95 bits per heavy atom. The number of tetrazole rings is 1. The van der Waals surface area contributed by atoms with Crippen LogP contribution in [0.1, 0.15) is 11.3 Å². The van der Waals surface area contributed by atoms with Crippen molar-refractivity contribution in [2.45, 2.75) is 13.5 Å². The highest BCUT2D eigenvalue weighted by Gasteiger charge is 2.05. The topological polar surface area (TPSA) is 129 Å². The molecule has 1 amide bonds. The Morgan fingerprint density at radius 2 is 2.37 bits per heavy atom. The maximum atomic E-state index is 11.5. The summed E-state index contributed by atoms with van der Waals surface area (Å²) in [6, 6.07) is 0. The normalized spacial score (nSPS) is 11.1. The van der Waals surface area contributed by atoms with Crippen LogP contribution in [0.15, 0.2) is 11.3 Å². The number of hydrazone groups is 1. The lowest BCUT2D eigenvalue weighted by molar-refractivity contribution is -0.122. The van der Waals surface area contributed by atoms with Crippen molar-refractivity contribution in [1.82, 2.24) is 35.4 Å². The number of amides is 1. The summed E-state index contributed by atoms with van der Waals surface area (Å²) in [5.41, 5.74) is 9.27. The van der Waals surface area contributed by atoms with Gasteiger partial charge in [0, 0.05) is 18.8 Å². The molecule has 2 aromatic rings. The SMILES string of the molecule is Cc1nn(C)cc1/C=N/NC(=O)Cn1nnc(N)n1. The molecule has 0 fully saturated rings. The van der Waals surface area contributed by atoms with Crippen molar-refractivity contribution in [1.29, 1.82) is 0 Å². The lowest BCUT2D eigenvalue weighted by Crippen LogP contribution is -2.24. The van der Waals surface area contributed by atoms with Crippen molar-refractivity contribution in [3.8, 4) is 0 Å². The minimum absolute atomic E-state index is 0.0160. The molecule has 0 saturated heterocycles. The Bertz CT molecular complexity index is 611. The molecule has 0 aliphatic heterocycles. The predicted molar refractivity (Wildman–Crippen MR) is 65.9 cm³/mol. The fraction of sp³-hybridized carbons (Fsp3) is 0.333. The van der Waals surface area contributed by atoms with Crippen LogP contribution in [-0.4, -0.2) is 42.1 Å². The first kappa shape index (κ1) is 12.7. The number of nitrogens with zero attached hydrogens (tertiary/aromatic N) is 7. The van der Waals surface area contributed by atoms with Gasteiger partial charge in [-0.25, -0.2) is 5.43 Å². The number of nitrogens with one attached hydrogen (secondary N) is 1. The van der Waals surface area contributed by atoms with Crippen molar-refractivity contribution >= 4 is 18.1 Å². The van der Waals surface area contributed by atoms with E-state index in [1.54, 1.807) is 10.9 Å². The Labute approximate surface area is 108 Å². The monoisotopic (exact) mass is 263 g/mol. The maximum absolute atomic E-state index is 11.5. The Hall–Kier alpha value is -2.78. The van der Waals surface area contributed by atoms with E-state index >= 15 is 0 Å². The Morgan fingerprint density at radius 1 is 1.58 bits per heavy atom. The van der Waals surface area contributed by atoms with E-state index in [2.05, 4.69) is 31.0 Å². The molecule has 0 atom stereocenters. The molecule has 10 heteroatoms. The number of anilines is 1. The number of carbonyl (C=O) groups is 1. The van der Waals surface area contributed by atoms with Gasteiger partial charge in [0.1, 0.15) is 6.54 Å². The van der Waals surface area contributed by atoms with Gasteiger partial charge in [-0.3, -0.25) is 9.48 Å². The number of rotatable bonds is 4. The smallest absolute Gasteiger partial charge is 0.263 e. The van der Waals surface area contributed by atoms with Gasteiger partial charge in [0.15, 0.2) is 0 Å². The summed E-state index contributed by atoms with van der Waals surface area (Å²) in [5.74, 6) is -0.363. The van der Waals surface area contributed by atoms with Gasteiger partial charge >= 0.3 is 0 Å². The summed E-state index contributed by atoms with van der Waals surface area (Å²) in [6.45, 7) is 1.75. The molecule has 2 aromatic heterocycles. The summed E-state index contributed by atoms with van der Waals surface area (Å²) in [7, 11) is 1.81. The number of hydrogen-bond acceptors (Lipinski definition) is 7. The van der Waals surface area contributed by atoms with Crippen LogP contribution in [0.25, 0.3) is 0 Å². The molecule has 2 heterocycles. The first-order chi connectivity index (χ1) is 9.04. The molecule has 0 unspecified atom stereocenters. The Balaban J connectivity index is 1.88. The maximum Gasteiger partial charge on any atom is 0.263 e. The van der Waals surface area contributed by atoms with Crippen LogP contribution in [0.5, 0.6) is 0 Å². The lowest BCUT2D eigenvalue weighted by Gasteiger charge is -1.97. The van der Waals surface area contributed by atoms with Gasteiger partial charge in [-0.05, 0) is 12.1 Å². The molecule has 3 N–H and O–H groups in total. The molecular weight excluding hydrogens is 250 g/mol. The molecule has 0 bridgehead atoms. The molecular formula is C9H13N9O. The van der Waals surface area contributed by atoms with Crippen LogP contribution >= 0.6 is 0 Å². The van der Waals surface area contributed by atoms with E-state index in [1.165, 1.54) is 6.21 Å². The van der Waals surface area contributed by atoms with Gasteiger partial charge in [-0.2, -0.15) is 15.0 Å². The summed E-state index contributed by atoms with van der Waals surface area (Å²) in [5, 5.41) is 18.7. The molecule has 100 valence electrons. The molecule has 0 radical (unpaired) electrons. The van der Waals surface area contributed by atoms with Crippen LogP contribution in [0.2, 0.25) is 0 Å². The van der Waals surface area contributed by atoms with Gasteiger partial charge in [-0.1, -0.05) is 5.10 Å². The molecule has 0 aliphatic carbocycles. The average Bonchev–Trinajstić information content (AvgIpc) is 2.86. The van der Waals surface area contributed by atoms with Gasteiger partial charge in [-0.15, -0.1) is 5.10 Å². The standard InChI is InChI=1S/C9H13N9O/c1-6-7(4-17(2)14-6)3-11-12-8(19)5-18-15-9(10)13-16-18/h3-4H,5H2,1-2H3,(H2,10,15)(H,12,19)/b11-3+. The molecule has 19 heavy (non-hydrogen) atoms. The van der Waals surface area contributed by atoms with Crippen molar-refractivity contribution in [2.75, 3.05) is 5.73 Å². The third kappa shape index (κ3) is 3.34. The number of aromatic nitrogens is 6. The van der Waals surface area contributed by atoms with Crippen LogP contribution in [-0.2, 0) is 18.4 Å². The van der Waals surface area contributed by atoms with Crippen molar-refractivity contribution in [3.05, 3.63) is 17.5 Å². The fourth-order valence-electron chi connectivity index (χ4n) is 1.40.